The van der Waals surface area contributed by atoms with Crippen LogP contribution in [0.3, 0.4) is 0 Å². The number of aromatic amines is 1. The topological polar surface area (TPSA) is 125 Å². The Morgan fingerprint density at radius 1 is 1.16 bits per heavy atom. The maximum Gasteiger partial charge on any atom is 0.302 e. The van der Waals surface area contributed by atoms with Crippen LogP contribution in [0.5, 0.6) is 5.75 Å². The highest BCUT2D eigenvalue weighted by atomic mass is 19.3. The zero-order valence-corrected chi connectivity index (χ0v) is 27.1. The fraction of sp³-hybridized carbons (Fsp3) is 0.371. The van der Waals surface area contributed by atoms with Crippen LogP contribution in [0.4, 0.5) is 17.6 Å². The van der Waals surface area contributed by atoms with Crippen molar-refractivity contribution in [1.29, 1.82) is 0 Å². The first-order valence-electron chi connectivity index (χ1n) is 15.9. The van der Waals surface area contributed by atoms with Gasteiger partial charge in [0.2, 0.25) is 5.91 Å². The van der Waals surface area contributed by atoms with Gasteiger partial charge in [-0.1, -0.05) is 6.58 Å². The summed E-state index contributed by atoms with van der Waals surface area (Å²) in [6, 6.07) is 4.71. The first-order valence-corrected chi connectivity index (χ1v) is 15.9. The Morgan fingerprint density at radius 3 is 2.71 bits per heavy atom. The van der Waals surface area contributed by atoms with Crippen LogP contribution >= 0.6 is 0 Å². The SMILES string of the molecule is C=CC(=O)N[C@H](C)c1cc(-c2nc(-c3cnc4c(c3)CN(CCO)CC4(F)F)c3c(c2-c2c(F)cc(F)cc2OCCOC)CCC3)n[nH]1. The molecule has 1 aliphatic heterocycles. The second kappa shape index (κ2) is 14.1. The lowest BCUT2D eigenvalue weighted by Crippen LogP contribution is -2.42. The Kier molecular flexibility index (Phi) is 9.82. The molecule has 4 aromatic rings. The molecule has 1 aliphatic carbocycles. The van der Waals surface area contributed by atoms with E-state index in [-0.39, 0.29) is 55.6 Å². The number of hydrogen-bond donors (Lipinski definition) is 3. The minimum absolute atomic E-state index is 0.00474. The van der Waals surface area contributed by atoms with Crippen molar-refractivity contribution in [1.82, 2.24) is 30.4 Å². The van der Waals surface area contributed by atoms with Gasteiger partial charge in [0.15, 0.2) is 0 Å². The number of carbonyl (C=O) groups is 1. The minimum atomic E-state index is -3.21. The number of benzene rings is 1. The minimum Gasteiger partial charge on any atom is -0.490 e. The normalized spacial score (nSPS) is 15.8. The molecule has 0 fully saturated rings. The number of aliphatic hydroxyl groups excluding tert-OH is 1. The molecule has 14 heteroatoms. The summed E-state index contributed by atoms with van der Waals surface area (Å²) in [4.78, 5) is 22.7. The van der Waals surface area contributed by atoms with Crippen molar-refractivity contribution in [2.75, 3.05) is 40.0 Å². The van der Waals surface area contributed by atoms with E-state index < -0.39 is 36.1 Å². The zero-order chi connectivity index (χ0) is 34.9. The molecular weight excluding hydrogens is 644 g/mol. The number of nitrogens with one attached hydrogen (secondary N) is 2. The number of amides is 1. The van der Waals surface area contributed by atoms with Crippen LogP contribution in [0.1, 0.15) is 47.5 Å². The Bertz CT molecular complexity index is 1900. The van der Waals surface area contributed by atoms with E-state index in [0.717, 1.165) is 29.3 Å². The highest BCUT2D eigenvalue weighted by Gasteiger charge is 2.42. The summed E-state index contributed by atoms with van der Waals surface area (Å²) in [6.07, 6.45) is 4.30. The van der Waals surface area contributed by atoms with Gasteiger partial charge in [0.05, 0.1) is 48.4 Å². The molecule has 49 heavy (non-hydrogen) atoms. The molecule has 6 rings (SSSR count). The van der Waals surface area contributed by atoms with Gasteiger partial charge in [0, 0.05) is 49.7 Å². The van der Waals surface area contributed by atoms with Crippen molar-refractivity contribution >= 4 is 5.91 Å². The molecule has 3 N–H and O–H groups in total. The molecule has 258 valence electrons. The second-order valence-electron chi connectivity index (χ2n) is 12.1. The van der Waals surface area contributed by atoms with Crippen molar-refractivity contribution in [3.63, 3.8) is 0 Å². The Morgan fingerprint density at radius 2 is 1.96 bits per heavy atom. The summed E-state index contributed by atoms with van der Waals surface area (Å²) in [5.41, 5.74) is 3.93. The van der Waals surface area contributed by atoms with Gasteiger partial charge < -0.3 is 19.9 Å². The van der Waals surface area contributed by atoms with Crippen LogP contribution in [0.25, 0.3) is 33.8 Å². The maximum atomic E-state index is 16.0. The van der Waals surface area contributed by atoms with E-state index in [1.807, 2.05) is 0 Å². The predicted octanol–water partition coefficient (Wildman–Crippen LogP) is 5.26. The van der Waals surface area contributed by atoms with E-state index in [4.69, 9.17) is 14.5 Å². The quantitative estimate of drug-likeness (QED) is 0.105. The Hall–Kier alpha value is -4.66. The van der Waals surface area contributed by atoms with Gasteiger partial charge in [0.25, 0.3) is 0 Å². The van der Waals surface area contributed by atoms with Crippen LogP contribution < -0.4 is 10.1 Å². The molecule has 0 bridgehead atoms. The van der Waals surface area contributed by atoms with Gasteiger partial charge in [-0.2, -0.15) is 13.9 Å². The molecule has 0 spiro atoms. The van der Waals surface area contributed by atoms with Crippen LogP contribution in [-0.2, 0) is 34.8 Å². The third-order valence-electron chi connectivity index (χ3n) is 8.75. The molecular formula is C35H36F4N6O4. The zero-order valence-electron chi connectivity index (χ0n) is 27.1. The third-order valence-corrected chi connectivity index (χ3v) is 8.75. The van der Waals surface area contributed by atoms with Gasteiger partial charge in [-0.25, -0.2) is 13.8 Å². The molecule has 2 aliphatic rings. The van der Waals surface area contributed by atoms with Gasteiger partial charge in [-0.15, -0.1) is 0 Å². The van der Waals surface area contributed by atoms with Gasteiger partial charge in [-0.05, 0) is 61.1 Å². The van der Waals surface area contributed by atoms with Crippen molar-refractivity contribution in [3.05, 3.63) is 82.8 Å². The number of fused-ring (bicyclic) bond motifs is 2. The fourth-order valence-electron chi connectivity index (χ4n) is 6.57. The monoisotopic (exact) mass is 680 g/mol. The summed E-state index contributed by atoms with van der Waals surface area (Å²) < 4.78 is 71.8. The first-order chi connectivity index (χ1) is 23.5. The summed E-state index contributed by atoms with van der Waals surface area (Å²) in [6.45, 7) is 4.87. The van der Waals surface area contributed by atoms with Crippen molar-refractivity contribution < 1.29 is 36.9 Å². The standard InChI is InChI=1S/C35H36F4N6O4/c1-4-29(47)41-19(2)26-15-27(44-43-26)33-30(31-25(37)13-22(36)14-28(31)49-11-10-48-3)23-6-5-7-24(23)32(42-33)20-12-21-17-45(8-9-46)18-35(38,39)34(21)40-16-20/h4,12-16,19,46H,1,5-11,17-18H2,2-3H3,(H,41,47)(H,43,44)/t19-/m1/s1. The Balaban J connectivity index is 1.57. The number of hydrogen-bond acceptors (Lipinski definition) is 8. The number of alkyl halides is 2. The van der Waals surface area contributed by atoms with Crippen LogP contribution in [0, 0.1) is 11.6 Å². The lowest BCUT2D eigenvalue weighted by molar-refractivity contribution is -0.117. The number of rotatable bonds is 12. The lowest BCUT2D eigenvalue weighted by Gasteiger charge is -2.33. The highest BCUT2D eigenvalue weighted by Crippen LogP contribution is 2.47. The lowest BCUT2D eigenvalue weighted by atomic mass is 9.90. The summed E-state index contributed by atoms with van der Waals surface area (Å²) in [5, 5.41) is 19.6. The van der Waals surface area contributed by atoms with Gasteiger partial charge >= 0.3 is 5.92 Å². The molecule has 1 atom stereocenters. The van der Waals surface area contributed by atoms with Crippen LogP contribution in [-0.4, -0.2) is 76.1 Å². The fourth-order valence-corrected chi connectivity index (χ4v) is 6.57. The van der Waals surface area contributed by atoms with Crippen LogP contribution in [0.15, 0.2) is 43.1 Å². The van der Waals surface area contributed by atoms with Crippen molar-refractivity contribution in [2.24, 2.45) is 0 Å². The van der Waals surface area contributed by atoms with Gasteiger partial charge in [0.1, 0.15) is 35.4 Å². The highest BCUT2D eigenvalue weighted by molar-refractivity contribution is 5.90. The van der Waals surface area contributed by atoms with E-state index >= 15 is 13.2 Å². The van der Waals surface area contributed by atoms with E-state index in [2.05, 4.69) is 27.1 Å². The molecule has 0 saturated carbocycles. The largest absolute Gasteiger partial charge is 0.490 e. The number of aromatic nitrogens is 4. The van der Waals surface area contributed by atoms with E-state index in [0.29, 0.717) is 53.0 Å². The average Bonchev–Trinajstić information content (AvgIpc) is 3.75. The number of ether oxygens (including phenoxy) is 2. The number of nitrogens with zero attached hydrogens (tertiary/aromatic N) is 4. The number of methoxy groups -OCH3 is 1. The number of pyridine rings is 2. The number of halogens is 4. The van der Waals surface area contributed by atoms with E-state index in [1.54, 1.807) is 19.1 Å². The molecule has 0 unspecified atom stereocenters. The predicted molar refractivity (Wildman–Crippen MR) is 173 cm³/mol. The summed E-state index contributed by atoms with van der Waals surface area (Å²) >= 11 is 0. The smallest absolute Gasteiger partial charge is 0.302 e. The van der Waals surface area contributed by atoms with Gasteiger partial charge in [-0.3, -0.25) is 19.8 Å². The molecule has 0 saturated heterocycles. The third kappa shape index (κ3) is 6.80. The number of β-amino-alcohol motifs (C(OH)–C–C–N with tert-alkyl or cyclic N) is 1. The molecule has 0 radical (unpaired) electrons. The van der Waals surface area contributed by atoms with Crippen molar-refractivity contribution in [3.8, 4) is 39.5 Å². The van der Waals surface area contributed by atoms with E-state index in [9.17, 15) is 14.3 Å². The van der Waals surface area contributed by atoms with Crippen molar-refractivity contribution in [2.45, 2.75) is 44.7 Å². The number of carbonyl (C=O) groups excluding carboxylic acids is 1. The Labute approximate surface area is 280 Å². The maximum absolute atomic E-state index is 16.0. The first kappa shape index (κ1) is 34.2. The number of aliphatic hydroxyl groups is 1. The summed E-state index contributed by atoms with van der Waals surface area (Å²) in [7, 11) is 1.48. The molecule has 1 aromatic carbocycles. The molecule has 1 amide bonds. The average molecular weight is 681 g/mol. The van der Waals surface area contributed by atoms with Crippen LogP contribution in [0.2, 0.25) is 0 Å². The van der Waals surface area contributed by atoms with E-state index in [1.165, 1.54) is 18.2 Å². The number of H-pyrrole nitrogens is 1. The second-order valence-corrected chi connectivity index (χ2v) is 12.1. The summed E-state index contributed by atoms with van der Waals surface area (Å²) in [5.74, 6) is -5.33. The molecule has 3 aromatic heterocycles. The molecule has 4 heterocycles. The molecule has 10 nitrogen and oxygen atoms in total.